The Morgan fingerprint density at radius 2 is 1.86 bits per heavy atom. The largest absolute Gasteiger partial charge is 0.369 e. The highest BCUT2D eigenvalue weighted by Crippen LogP contribution is 2.44. The van der Waals surface area contributed by atoms with Crippen LogP contribution in [0.4, 0.5) is 11.4 Å². The Hall–Kier alpha value is -2.77. The number of aliphatic imine (C=N–C) groups is 2. The van der Waals surface area contributed by atoms with Gasteiger partial charge in [0, 0.05) is 18.2 Å². The summed E-state index contributed by atoms with van der Waals surface area (Å²) < 4.78 is 0. The Morgan fingerprint density at radius 3 is 2.55 bits per heavy atom. The third kappa shape index (κ3) is 3.52. The number of amides is 1. The van der Waals surface area contributed by atoms with Gasteiger partial charge in [0.15, 0.2) is 0 Å². The summed E-state index contributed by atoms with van der Waals surface area (Å²) in [6.45, 7) is 3.21. The van der Waals surface area contributed by atoms with Crippen LogP contribution >= 0.6 is 0 Å². The molecule has 1 atom stereocenters. The summed E-state index contributed by atoms with van der Waals surface area (Å²) >= 11 is 0. The first-order valence-electron chi connectivity index (χ1n) is 10.6. The fourth-order valence-corrected chi connectivity index (χ4v) is 5.02. The standard InChI is InChI=1S/C21H31N7O/c1-14-7-3-6-12-27(14)16-9-8-15(18(22)29)13-17(16)28-20(24)25-19(23)26-21(28)10-4-2-5-11-21/h8-9,13-14H,2-7,10-12H2,1H3,(H2,22,29)(H4,23,24,25,26). The monoisotopic (exact) mass is 397 g/mol. The molecule has 29 heavy (non-hydrogen) atoms. The lowest BCUT2D eigenvalue weighted by Gasteiger charge is -2.47. The number of hydrogen-bond donors (Lipinski definition) is 3. The van der Waals surface area contributed by atoms with Gasteiger partial charge in [0.05, 0.1) is 11.4 Å². The number of carbonyl (C=O) groups is 1. The molecule has 1 unspecified atom stereocenters. The molecular formula is C21H31N7O. The lowest BCUT2D eigenvalue weighted by atomic mass is 9.87. The van der Waals surface area contributed by atoms with Crippen molar-refractivity contribution < 1.29 is 4.79 Å². The van der Waals surface area contributed by atoms with Gasteiger partial charge in [0.25, 0.3) is 0 Å². The van der Waals surface area contributed by atoms with Crippen molar-refractivity contribution >= 4 is 29.2 Å². The van der Waals surface area contributed by atoms with Gasteiger partial charge in [-0.25, -0.2) is 4.99 Å². The number of benzene rings is 1. The van der Waals surface area contributed by atoms with Crippen LogP contribution in [0.1, 0.15) is 68.6 Å². The molecule has 156 valence electrons. The van der Waals surface area contributed by atoms with E-state index in [0.717, 1.165) is 56.4 Å². The lowest BCUT2D eigenvalue weighted by molar-refractivity contribution is 0.100. The van der Waals surface area contributed by atoms with Crippen LogP contribution in [0.5, 0.6) is 0 Å². The highest BCUT2D eigenvalue weighted by molar-refractivity contribution is 6.08. The number of rotatable bonds is 3. The number of piperidine rings is 1. The van der Waals surface area contributed by atoms with Gasteiger partial charge in [-0.15, -0.1) is 0 Å². The fourth-order valence-electron chi connectivity index (χ4n) is 5.02. The zero-order valence-corrected chi connectivity index (χ0v) is 17.1. The van der Waals surface area contributed by atoms with Gasteiger partial charge >= 0.3 is 0 Å². The SMILES string of the molecule is CC1CCCCN1c1ccc(C(N)=O)cc1N1C(N)=NC(N)=NC12CCCCC2. The minimum absolute atomic E-state index is 0.222. The molecule has 4 rings (SSSR count). The predicted molar refractivity (Wildman–Crippen MR) is 117 cm³/mol. The maximum Gasteiger partial charge on any atom is 0.248 e. The number of hydrogen-bond acceptors (Lipinski definition) is 7. The van der Waals surface area contributed by atoms with Crippen LogP contribution in [-0.4, -0.2) is 36.1 Å². The van der Waals surface area contributed by atoms with Gasteiger partial charge in [-0.1, -0.05) is 6.42 Å². The van der Waals surface area contributed by atoms with Crippen molar-refractivity contribution in [1.82, 2.24) is 0 Å². The Bertz CT molecular complexity index is 857. The molecular weight excluding hydrogens is 366 g/mol. The third-order valence-corrected chi connectivity index (χ3v) is 6.46. The quantitative estimate of drug-likeness (QED) is 0.721. The maximum atomic E-state index is 12.0. The molecule has 1 aliphatic carbocycles. The van der Waals surface area contributed by atoms with Crippen molar-refractivity contribution in [3.63, 3.8) is 0 Å². The molecule has 1 amide bonds. The highest BCUT2D eigenvalue weighted by Gasteiger charge is 2.44. The Labute approximate surface area is 171 Å². The average molecular weight is 398 g/mol. The van der Waals surface area contributed by atoms with E-state index in [2.05, 4.69) is 16.8 Å². The normalized spacial score (nSPS) is 24.2. The van der Waals surface area contributed by atoms with Crippen molar-refractivity contribution in [2.45, 2.75) is 70.0 Å². The van der Waals surface area contributed by atoms with Gasteiger partial charge in [-0.3, -0.25) is 9.69 Å². The molecule has 8 heteroatoms. The van der Waals surface area contributed by atoms with Crippen molar-refractivity contribution in [2.75, 3.05) is 16.3 Å². The van der Waals surface area contributed by atoms with Crippen LogP contribution in [-0.2, 0) is 0 Å². The number of carbonyl (C=O) groups excluding carboxylic acids is 1. The molecule has 2 aliphatic heterocycles. The number of guanidine groups is 2. The number of nitrogens with two attached hydrogens (primary N) is 3. The second-order valence-electron chi connectivity index (χ2n) is 8.42. The van der Waals surface area contributed by atoms with Crippen molar-refractivity contribution in [3.05, 3.63) is 23.8 Å². The molecule has 0 radical (unpaired) electrons. The summed E-state index contributed by atoms with van der Waals surface area (Å²) in [5.74, 6) is 0.0873. The van der Waals surface area contributed by atoms with Gasteiger partial charge in [0.1, 0.15) is 5.66 Å². The van der Waals surface area contributed by atoms with Gasteiger partial charge in [-0.2, -0.15) is 4.99 Å². The summed E-state index contributed by atoms with van der Waals surface area (Å²) in [5, 5.41) is 0. The third-order valence-electron chi connectivity index (χ3n) is 6.46. The summed E-state index contributed by atoms with van der Waals surface area (Å²) in [7, 11) is 0. The molecule has 2 fully saturated rings. The Morgan fingerprint density at radius 1 is 1.10 bits per heavy atom. The topological polar surface area (TPSA) is 126 Å². The van der Waals surface area contributed by atoms with Crippen LogP contribution in [0.2, 0.25) is 0 Å². The second-order valence-corrected chi connectivity index (χ2v) is 8.42. The van der Waals surface area contributed by atoms with E-state index in [1.54, 1.807) is 6.07 Å². The van der Waals surface area contributed by atoms with Crippen molar-refractivity contribution in [3.8, 4) is 0 Å². The molecule has 6 N–H and O–H groups in total. The lowest BCUT2D eigenvalue weighted by Crippen LogP contribution is -2.58. The van der Waals surface area contributed by atoms with Crippen LogP contribution in [0, 0.1) is 0 Å². The first-order chi connectivity index (χ1) is 13.9. The summed E-state index contributed by atoms with van der Waals surface area (Å²) in [5.41, 5.74) is 19.9. The molecule has 1 saturated heterocycles. The van der Waals surface area contributed by atoms with E-state index in [1.807, 2.05) is 17.0 Å². The fraction of sp³-hybridized carbons (Fsp3) is 0.571. The van der Waals surface area contributed by atoms with E-state index in [0.29, 0.717) is 17.6 Å². The summed E-state index contributed by atoms with van der Waals surface area (Å²) in [6.07, 6.45) is 8.46. The van der Waals surface area contributed by atoms with Gasteiger partial charge in [-0.05, 0) is 70.1 Å². The molecule has 1 aromatic rings. The Kier molecular flexibility index (Phi) is 5.10. The number of anilines is 2. The van der Waals surface area contributed by atoms with Gasteiger partial charge in [0.2, 0.25) is 17.8 Å². The number of nitrogens with zero attached hydrogens (tertiary/aromatic N) is 4. The smallest absolute Gasteiger partial charge is 0.248 e. The van der Waals surface area contributed by atoms with Crippen LogP contribution < -0.4 is 27.0 Å². The van der Waals surface area contributed by atoms with Crippen LogP contribution in [0.3, 0.4) is 0 Å². The molecule has 2 heterocycles. The molecule has 3 aliphatic rings. The van der Waals surface area contributed by atoms with Gasteiger partial charge < -0.3 is 22.1 Å². The molecule has 0 aromatic heterocycles. The number of primary amides is 1. The van der Waals surface area contributed by atoms with Crippen LogP contribution in [0.25, 0.3) is 0 Å². The zero-order chi connectivity index (χ0) is 20.6. The summed E-state index contributed by atoms with van der Waals surface area (Å²) in [6, 6.07) is 6.03. The van der Waals surface area contributed by atoms with E-state index in [1.165, 1.54) is 12.8 Å². The molecule has 1 spiro atoms. The molecule has 8 nitrogen and oxygen atoms in total. The molecule has 1 saturated carbocycles. The van der Waals surface area contributed by atoms with E-state index in [-0.39, 0.29) is 5.96 Å². The first-order valence-corrected chi connectivity index (χ1v) is 10.6. The minimum atomic E-state index is -0.557. The van der Waals surface area contributed by atoms with Crippen LogP contribution in [0.15, 0.2) is 28.2 Å². The predicted octanol–water partition coefficient (Wildman–Crippen LogP) is 2.27. The Balaban J connectivity index is 1.87. The second kappa shape index (κ2) is 7.57. The average Bonchev–Trinajstić information content (AvgIpc) is 2.68. The first kappa shape index (κ1) is 19.5. The zero-order valence-electron chi connectivity index (χ0n) is 17.1. The van der Waals surface area contributed by atoms with E-state index in [9.17, 15) is 4.79 Å². The summed E-state index contributed by atoms with van der Waals surface area (Å²) in [4.78, 5) is 25.4. The van der Waals surface area contributed by atoms with E-state index in [4.69, 9.17) is 22.2 Å². The van der Waals surface area contributed by atoms with E-state index < -0.39 is 11.6 Å². The van der Waals surface area contributed by atoms with Crippen molar-refractivity contribution in [1.29, 1.82) is 0 Å². The molecule has 0 bridgehead atoms. The highest BCUT2D eigenvalue weighted by atomic mass is 16.1. The van der Waals surface area contributed by atoms with Crippen molar-refractivity contribution in [2.24, 2.45) is 27.2 Å². The maximum absolute atomic E-state index is 12.0. The van der Waals surface area contributed by atoms with E-state index >= 15 is 0 Å². The minimum Gasteiger partial charge on any atom is -0.369 e. The molecule has 1 aromatic carbocycles.